The number of nitrogens with zero attached hydrogens (tertiary/aromatic N) is 1. The Labute approximate surface area is 124 Å². The van der Waals surface area contributed by atoms with Crippen LogP contribution in [0.25, 0.3) is 0 Å². The Kier molecular flexibility index (Phi) is 3.15. The van der Waals surface area contributed by atoms with E-state index in [0.717, 1.165) is 28.0 Å². The summed E-state index contributed by atoms with van der Waals surface area (Å²) in [6, 6.07) is 16.3. The molecular formula is C18H16N2O. The first kappa shape index (κ1) is 13.3. The zero-order valence-electron chi connectivity index (χ0n) is 12.1. The molecule has 0 saturated heterocycles. The lowest BCUT2D eigenvalue weighted by atomic mass is 9.81. The smallest absolute Gasteiger partial charge is 0.205 e. The van der Waals surface area contributed by atoms with E-state index in [0.29, 0.717) is 5.57 Å². The Morgan fingerprint density at radius 3 is 2.57 bits per heavy atom. The number of nitrogens with two attached hydrogens (primary N) is 1. The molecule has 0 fully saturated rings. The average Bonchev–Trinajstić information content (AvgIpc) is 2.46. The summed E-state index contributed by atoms with van der Waals surface area (Å²) < 4.78 is 5.64. The average molecular weight is 276 g/mol. The van der Waals surface area contributed by atoms with Gasteiger partial charge in [0.2, 0.25) is 5.88 Å². The summed E-state index contributed by atoms with van der Waals surface area (Å²) in [6.45, 7) is 4.05. The van der Waals surface area contributed by atoms with Crippen molar-refractivity contribution < 1.29 is 4.74 Å². The highest BCUT2D eigenvalue weighted by molar-refractivity contribution is 5.57. The lowest BCUT2D eigenvalue weighted by Gasteiger charge is -2.27. The number of aryl methyl sites for hydroxylation is 2. The first-order valence-corrected chi connectivity index (χ1v) is 6.85. The van der Waals surface area contributed by atoms with Crippen molar-refractivity contribution in [2.24, 2.45) is 5.73 Å². The van der Waals surface area contributed by atoms with Gasteiger partial charge in [0.05, 0.1) is 5.92 Å². The van der Waals surface area contributed by atoms with Crippen molar-refractivity contribution in [3.8, 4) is 11.8 Å². The SMILES string of the molecule is Cc1ccc2c(c1)OC(N)=C(C#N)C2c1ccccc1C. The molecule has 1 aliphatic heterocycles. The predicted molar refractivity (Wildman–Crippen MR) is 81.7 cm³/mol. The van der Waals surface area contributed by atoms with E-state index in [4.69, 9.17) is 10.5 Å². The molecule has 104 valence electrons. The summed E-state index contributed by atoms with van der Waals surface area (Å²) in [5, 5.41) is 9.50. The minimum absolute atomic E-state index is 0.166. The van der Waals surface area contributed by atoms with Gasteiger partial charge in [0.25, 0.3) is 0 Å². The summed E-state index contributed by atoms with van der Waals surface area (Å²) >= 11 is 0. The summed E-state index contributed by atoms with van der Waals surface area (Å²) in [7, 11) is 0. The van der Waals surface area contributed by atoms with Gasteiger partial charge in [-0.3, -0.25) is 0 Å². The zero-order chi connectivity index (χ0) is 15.0. The van der Waals surface area contributed by atoms with E-state index in [-0.39, 0.29) is 11.8 Å². The molecule has 3 nitrogen and oxygen atoms in total. The van der Waals surface area contributed by atoms with Crippen LogP contribution in [0.15, 0.2) is 53.9 Å². The third-order valence-corrected chi connectivity index (χ3v) is 3.87. The summed E-state index contributed by atoms with van der Waals surface area (Å²) in [4.78, 5) is 0. The second-order valence-electron chi connectivity index (χ2n) is 5.32. The van der Waals surface area contributed by atoms with Gasteiger partial charge in [-0.05, 0) is 36.6 Å². The monoisotopic (exact) mass is 276 g/mol. The van der Waals surface area contributed by atoms with Crippen LogP contribution in [0.1, 0.15) is 28.2 Å². The molecule has 3 rings (SSSR count). The molecule has 0 saturated carbocycles. The van der Waals surface area contributed by atoms with E-state index in [1.165, 1.54) is 0 Å². The van der Waals surface area contributed by atoms with E-state index in [1.54, 1.807) is 0 Å². The number of fused-ring (bicyclic) bond motifs is 1. The molecule has 0 spiro atoms. The largest absolute Gasteiger partial charge is 0.440 e. The summed E-state index contributed by atoms with van der Waals surface area (Å²) in [6.07, 6.45) is 0. The second-order valence-corrected chi connectivity index (χ2v) is 5.32. The van der Waals surface area contributed by atoms with Gasteiger partial charge in [-0.25, -0.2) is 0 Å². The standard InChI is InChI=1S/C18H16N2O/c1-11-7-8-14-16(9-11)21-18(20)15(10-19)17(14)13-6-4-3-5-12(13)2/h3-9,17H,20H2,1-2H3. The number of nitriles is 1. The normalized spacial score (nSPS) is 16.9. The van der Waals surface area contributed by atoms with Gasteiger partial charge in [0.15, 0.2) is 0 Å². The number of benzene rings is 2. The van der Waals surface area contributed by atoms with Crippen molar-refractivity contribution in [1.82, 2.24) is 0 Å². The van der Waals surface area contributed by atoms with E-state index >= 15 is 0 Å². The second kappa shape index (κ2) is 4.99. The molecule has 0 bridgehead atoms. The van der Waals surface area contributed by atoms with E-state index < -0.39 is 0 Å². The molecule has 0 aliphatic carbocycles. The van der Waals surface area contributed by atoms with Crippen LogP contribution in [0.3, 0.4) is 0 Å². The number of hydrogen-bond donors (Lipinski definition) is 1. The molecule has 1 heterocycles. The first-order chi connectivity index (χ1) is 10.1. The molecule has 21 heavy (non-hydrogen) atoms. The van der Waals surface area contributed by atoms with Crippen LogP contribution in [0, 0.1) is 25.2 Å². The molecule has 1 aliphatic rings. The minimum Gasteiger partial charge on any atom is -0.440 e. The lowest BCUT2D eigenvalue weighted by Crippen LogP contribution is -2.21. The van der Waals surface area contributed by atoms with E-state index in [2.05, 4.69) is 6.07 Å². The molecule has 3 heteroatoms. The van der Waals surface area contributed by atoms with Crippen LogP contribution in [0.4, 0.5) is 0 Å². The van der Waals surface area contributed by atoms with Gasteiger partial charge in [-0.2, -0.15) is 5.26 Å². The van der Waals surface area contributed by atoms with Crippen molar-refractivity contribution in [3.63, 3.8) is 0 Å². The van der Waals surface area contributed by atoms with Crippen molar-refractivity contribution in [1.29, 1.82) is 5.26 Å². The fraction of sp³-hybridized carbons (Fsp3) is 0.167. The van der Waals surface area contributed by atoms with E-state index in [9.17, 15) is 5.26 Å². The van der Waals surface area contributed by atoms with Crippen LogP contribution in [0.2, 0.25) is 0 Å². The molecular weight excluding hydrogens is 260 g/mol. The van der Waals surface area contributed by atoms with Gasteiger partial charge in [0.1, 0.15) is 17.4 Å². The Morgan fingerprint density at radius 1 is 1.10 bits per heavy atom. The van der Waals surface area contributed by atoms with Crippen LogP contribution in [-0.2, 0) is 0 Å². The van der Waals surface area contributed by atoms with Crippen molar-refractivity contribution in [2.45, 2.75) is 19.8 Å². The maximum Gasteiger partial charge on any atom is 0.205 e. The molecule has 0 aromatic heterocycles. The van der Waals surface area contributed by atoms with Crippen LogP contribution in [-0.4, -0.2) is 0 Å². The highest BCUT2D eigenvalue weighted by atomic mass is 16.5. The maximum atomic E-state index is 9.50. The van der Waals surface area contributed by atoms with Gasteiger partial charge in [-0.1, -0.05) is 36.4 Å². The van der Waals surface area contributed by atoms with E-state index in [1.807, 2.05) is 56.3 Å². The van der Waals surface area contributed by atoms with Crippen LogP contribution in [0.5, 0.6) is 5.75 Å². The summed E-state index contributed by atoms with van der Waals surface area (Å²) in [5.74, 6) is 0.768. The maximum absolute atomic E-state index is 9.50. The quantitative estimate of drug-likeness (QED) is 0.867. The lowest BCUT2D eigenvalue weighted by molar-refractivity contribution is 0.393. The topological polar surface area (TPSA) is 59.0 Å². The van der Waals surface area contributed by atoms with Crippen molar-refractivity contribution >= 4 is 0 Å². The Hall–Kier alpha value is -2.73. The third-order valence-electron chi connectivity index (χ3n) is 3.87. The fourth-order valence-electron chi connectivity index (χ4n) is 2.79. The third kappa shape index (κ3) is 2.15. The molecule has 1 unspecified atom stereocenters. The highest BCUT2D eigenvalue weighted by Crippen LogP contribution is 2.43. The number of allylic oxidation sites excluding steroid dienone is 1. The summed E-state index contributed by atoms with van der Waals surface area (Å²) in [5.41, 5.74) is 10.8. The molecule has 1 atom stereocenters. The zero-order valence-corrected chi connectivity index (χ0v) is 12.1. The van der Waals surface area contributed by atoms with Crippen LogP contribution >= 0.6 is 0 Å². The first-order valence-electron chi connectivity index (χ1n) is 6.85. The van der Waals surface area contributed by atoms with Crippen molar-refractivity contribution in [2.75, 3.05) is 0 Å². The number of ether oxygens (including phenoxy) is 1. The van der Waals surface area contributed by atoms with Gasteiger partial charge in [0, 0.05) is 5.56 Å². The van der Waals surface area contributed by atoms with Crippen molar-refractivity contribution in [3.05, 3.63) is 76.2 Å². The number of hydrogen-bond acceptors (Lipinski definition) is 3. The Morgan fingerprint density at radius 2 is 1.86 bits per heavy atom. The molecule has 2 aromatic rings. The van der Waals surface area contributed by atoms with Crippen LogP contribution < -0.4 is 10.5 Å². The predicted octanol–water partition coefficient (Wildman–Crippen LogP) is 3.52. The van der Waals surface area contributed by atoms with Gasteiger partial charge >= 0.3 is 0 Å². The fourth-order valence-corrected chi connectivity index (χ4v) is 2.79. The highest BCUT2D eigenvalue weighted by Gasteiger charge is 2.31. The Balaban J connectivity index is 2.27. The van der Waals surface area contributed by atoms with Gasteiger partial charge in [-0.15, -0.1) is 0 Å². The molecule has 2 N–H and O–H groups in total. The van der Waals surface area contributed by atoms with Gasteiger partial charge < -0.3 is 10.5 Å². The molecule has 0 amide bonds. The molecule has 2 aromatic carbocycles. The molecule has 0 radical (unpaired) electrons. The minimum atomic E-state index is -0.166. The Bertz CT molecular complexity index is 784. The number of rotatable bonds is 1.